The summed E-state index contributed by atoms with van der Waals surface area (Å²) >= 11 is 0. The van der Waals surface area contributed by atoms with Gasteiger partial charge >= 0.3 is 0 Å². The molecular formula is C9H9NO3. The first-order chi connectivity index (χ1) is 6.29. The van der Waals surface area contributed by atoms with Crippen LogP contribution >= 0.6 is 0 Å². The number of Topliss-reactive ketones (excluding diaryl/α,β-unsaturated/α-hetero) is 1. The maximum absolute atomic E-state index is 11.4. The van der Waals surface area contributed by atoms with E-state index in [1.54, 1.807) is 30.3 Å². The highest BCUT2D eigenvalue weighted by molar-refractivity contribution is 6.46. The molecule has 0 aromatic heterocycles. The molecule has 0 bridgehead atoms. The number of aliphatic hydroxyl groups is 1. The number of carbonyl (C=O) groups is 1. The molecule has 1 aromatic carbocycles. The van der Waals surface area contributed by atoms with Crippen LogP contribution in [0.4, 0.5) is 0 Å². The van der Waals surface area contributed by atoms with Crippen molar-refractivity contribution < 1.29 is 15.1 Å². The summed E-state index contributed by atoms with van der Waals surface area (Å²) in [7, 11) is 0. The van der Waals surface area contributed by atoms with Crippen molar-refractivity contribution in [3.05, 3.63) is 35.9 Å². The van der Waals surface area contributed by atoms with Crippen LogP contribution in [0.3, 0.4) is 0 Å². The molecule has 0 atom stereocenters. The molecule has 0 aliphatic heterocycles. The van der Waals surface area contributed by atoms with Gasteiger partial charge in [0.15, 0.2) is 5.71 Å². The molecule has 4 nitrogen and oxygen atoms in total. The van der Waals surface area contributed by atoms with E-state index in [4.69, 9.17) is 10.3 Å². The van der Waals surface area contributed by atoms with E-state index in [1.165, 1.54) is 0 Å². The second kappa shape index (κ2) is 4.37. The third kappa shape index (κ3) is 2.13. The molecule has 0 aliphatic rings. The highest BCUT2D eigenvalue weighted by atomic mass is 16.4. The molecule has 1 rings (SSSR count). The normalized spacial score (nSPS) is 11.3. The van der Waals surface area contributed by atoms with Gasteiger partial charge in [-0.05, 0) is 0 Å². The lowest BCUT2D eigenvalue weighted by molar-refractivity contribution is 0.105. The Bertz CT molecular complexity index is 319. The standard InChI is InChI=1S/C9H9NO3/c11-6-8(10-13)9(12)7-4-2-1-3-5-7/h1-5,11,13H,6H2/b10-8+. The third-order valence-electron chi connectivity index (χ3n) is 1.57. The number of benzene rings is 1. The van der Waals surface area contributed by atoms with Crippen molar-refractivity contribution in [1.29, 1.82) is 0 Å². The molecule has 0 saturated heterocycles. The Morgan fingerprint density at radius 3 is 2.38 bits per heavy atom. The maximum Gasteiger partial charge on any atom is 0.212 e. The van der Waals surface area contributed by atoms with Gasteiger partial charge in [0.05, 0.1) is 6.61 Å². The minimum atomic E-state index is -0.565. The van der Waals surface area contributed by atoms with Gasteiger partial charge in [-0.3, -0.25) is 4.79 Å². The number of nitrogens with zero attached hydrogens (tertiary/aromatic N) is 1. The monoisotopic (exact) mass is 179 g/mol. The van der Waals surface area contributed by atoms with E-state index in [9.17, 15) is 4.79 Å². The fraction of sp³-hybridized carbons (Fsp3) is 0.111. The van der Waals surface area contributed by atoms with Crippen molar-refractivity contribution in [1.82, 2.24) is 0 Å². The summed E-state index contributed by atoms with van der Waals surface area (Å²) < 4.78 is 0. The average Bonchev–Trinajstić information content (AvgIpc) is 2.21. The van der Waals surface area contributed by atoms with Crippen molar-refractivity contribution in [3.8, 4) is 0 Å². The molecule has 0 radical (unpaired) electrons. The van der Waals surface area contributed by atoms with Crippen molar-refractivity contribution in [2.75, 3.05) is 6.61 Å². The minimum absolute atomic E-state index is 0.258. The van der Waals surface area contributed by atoms with Crippen molar-refractivity contribution >= 4 is 11.5 Å². The number of aliphatic hydroxyl groups excluding tert-OH is 1. The van der Waals surface area contributed by atoms with Crippen LogP contribution in [-0.2, 0) is 0 Å². The van der Waals surface area contributed by atoms with E-state index < -0.39 is 12.4 Å². The van der Waals surface area contributed by atoms with E-state index >= 15 is 0 Å². The maximum atomic E-state index is 11.4. The SMILES string of the molecule is O=C(/C(CO)=N/O)c1ccccc1. The topological polar surface area (TPSA) is 69.9 Å². The molecule has 0 spiro atoms. The van der Waals surface area contributed by atoms with E-state index in [0.717, 1.165) is 0 Å². The number of hydrogen-bond acceptors (Lipinski definition) is 4. The van der Waals surface area contributed by atoms with Crippen LogP contribution < -0.4 is 0 Å². The smallest absolute Gasteiger partial charge is 0.212 e. The van der Waals surface area contributed by atoms with Gasteiger partial charge in [0.1, 0.15) is 0 Å². The zero-order valence-electron chi connectivity index (χ0n) is 6.84. The van der Waals surface area contributed by atoms with E-state index in [2.05, 4.69) is 5.16 Å². The van der Waals surface area contributed by atoms with Crippen LogP contribution in [0.15, 0.2) is 35.5 Å². The Kier molecular flexibility index (Phi) is 3.16. The van der Waals surface area contributed by atoms with Crippen LogP contribution in [-0.4, -0.2) is 28.4 Å². The molecule has 0 unspecified atom stereocenters. The molecule has 2 N–H and O–H groups in total. The molecule has 1 aromatic rings. The van der Waals surface area contributed by atoms with Crippen LogP contribution in [0, 0.1) is 0 Å². The summed E-state index contributed by atoms with van der Waals surface area (Å²) in [6, 6.07) is 8.33. The highest BCUT2D eigenvalue weighted by Crippen LogP contribution is 2.01. The lowest BCUT2D eigenvalue weighted by Crippen LogP contribution is -2.18. The fourth-order valence-electron chi connectivity index (χ4n) is 0.905. The van der Waals surface area contributed by atoms with Crippen molar-refractivity contribution in [3.63, 3.8) is 0 Å². The molecule has 0 saturated carbocycles. The lowest BCUT2D eigenvalue weighted by Gasteiger charge is -1.98. The molecule has 0 aliphatic carbocycles. The summed E-state index contributed by atoms with van der Waals surface area (Å²) in [5.41, 5.74) is 0.135. The number of oxime groups is 1. The lowest BCUT2D eigenvalue weighted by atomic mass is 10.1. The molecule has 13 heavy (non-hydrogen) atoms. The zero-order valence-corrected chi connectivity index (χ0v) is 6.84. The largest absolute Gasteiger partial charge is 0.410 e. The van der Waals surface area contributed by atoms with Crippen LogP contribution in [0.25, 0.3) is 0 Å². The number of ketones is 1. The van der Waals surface area contributed by atoms with Gasteiger partial charge in [-0.1, -0.05) is 35.5 Å². The molecule has 0 fully saturated rings. The second-order valence-electron chi connectivity index (χ2n) is 2.40. The zero-order chi connectivity index (χ0) is 9.68. The van der Waals surface area contributed by atoms with Crippen LogP contribution in [0.1, 0.15) is 10.4 Å². The van der Waals surface area contributed by atoms with Crippen LogP contribution in [0.2, 0.25) is 0 Å². The molecular weight excluding hydrogens is 170 g/mol. The van der Waals surface area contributed by atoms with E-state index in [-0.39, 0.29) is 5.71 Å². The number of carbonyl (C=O) groups excluding carboxylic acids is 1. The second-order valence-corrected chi connectivity index (χ2v) is 2.40. The molecule has 68 valence electrons. The summed E-state index contributed by atoms with van der Waals surface area (Å²) in [6.45, 7) is -0.565. The number of hydrogen-bond donors (Lipinski definition) is 2. The van der Waals surface area contributed by atoms with Gasteiger partial charge < -0.3 is 10.3 Å². The fourth-order valence-corrected chi connectivity index (χ4v) is 0.905. The van der Waals surface area contributed by atoms with Gasteiger partial charge in [0.2, 0.25) is 5.78 Å². The van der Waals surface area contributed by atoms with Gasteiger partial charge in [-0.2, -0.15) is 0 Å². The van der Waals surface area contributed by atoms with Gasteiger partial charge in [0.25, 0.3) is 0 Å². The van der Waals surface area contributed by atoms with Gasteiger partial charge in [-0.25, -0.2) is 0 Å². The predicted molar refractivity (Wildman–Crippen MR) is 47.1 cm³/mol. The van der Waals surface area contributed by atoms with Gasteiger partial charge in [-0.15, -0.1) is 0 Å². The Balaban J connectivity index is 2.92. The van der Waals surface area contributed by atoms with E-state index in [0.29, 0.717) is 5.56 Å². The molecule has 4 heteroatoms. The summed E-state index contributed by atoms with van der Waals surface area (Å²) in [6.07, 6.45) is 0. The Morgan fingerprint density at radius 2 is 1.92 bits per heavy atom. The summed E-state index contributed by atoms with van der Waals surface area (Å²) in [5, 5.41) is 19.7. The predicted octanol–water partition coefficient (Wildman–Crippen LogP) is 0.692. The van der Waals surface area contributed by atoms with Crippen molar-refractivity contribution in [2.45, 2.75) is 0 Å². The Hall–Kier alpha value is -1.68. The average molecular weight is 179 g/mol. The molecule has 0 amide bonds. The Labute approximate surface area is 75.1 Å². The molecule has 0 heterocycles. The summed E-state index contributed by atoms with van der Waals surface area (Å²) in [5.74, 6) is -0.467. The minimum Gasteiger partial charge on any atom is -0.410 e. The van der Waals surface area contributed by atoms with Gasteiger partial charge in [0, 0.05) is 5.56 Å². The van der Waals surface area contributed by atoms with Crippen molar-refractivity contribution in [2.24, 2.45) is 5.16 Å². The number of rotatable bonds is 3. The first kappa shape index (κ1) is 9.41. The Morgan fingerprint density at radius 1 is 1.31 bits per heavy atom. The first-order valence-electron chi connectivity index (χ1n) is 3.71. The summed E-state index contributed by atoms with van der Waals surface area (Å²) in [4.78, 5) is 11.4. The van der Waals surface area contributed by atoms with Crippen LogP contribution in [0.5, 0.6) is 0 Å². The highest BCUT2D eigenvalue weighted by Gasteiger charge is 2.12. The third-order valence-corrected chi connectivity index (χ3v) is 1.57. The first-order valence-corrected chi connectivity index (χ1v) is 3.71. The quantitative estimate of drug-likeness (QED) is 0.310. The van der Waals surface area contributed by atoms with E-state index in [1.807, 2.05) is 0 Å².